The van der Waals surface area contributed by atoms with Crippen LogP contribution >= 0.6 is 11.8 Å². The summed E-state index contributed by atoms with van der Waals surface area (Å²) in [7, 11) is 3.30. The summed E-state index contributed by atoms with van der Waals surface area (Å²) in [6.45, 7) is 8.69. The van der Waals surface area contributed by atoms with Crippen LogP contribution in [-0.4, -0.2) is 30.7 Å². The molecule has 1 aromatic carbocycles. The third-order valence-electron chi connectivity index (χ3n) is 3.85. The predicted octanol–water partition coefficient (Wildman–Crippen LogP) is 4.42. The Labute approximate surface area is 132 Å². The second-order valence-corrected chi connectivity index (χ2v) is 7.92. The van der Waals surface area contributed by atoms with Crippen molar-refractivity contribution in [1.29, 1.82) is 0 Å². The summed E-state index contributed by atoms with van der Waals surface area (Å²) < 4.78 is 16.7. The quantitative estimate of drug-likeness (QED) is 0.753. The summed E-state index contributed by atoms with van der Waals surface area (Å²) in [4.78, 5) is 1.25. The maximum absolute atomic E-state index is 6.16. The molecular weight excluding hydrogens is 284 g/mol. The Morgan fingerprint density at radius 3 is 2.10 bits per heavy atom. The van der Waals surface area contributed by atoms with Crippen molar-refractivity contribution in [3.05, 3.63) is 29.8 Å². The second-order valence-electron chi connectivity index (χ2n) is 6.65. The minimum Gasteiger partial charge on any atom is -0.368 e. The van der Waals surface area contributed by atoms with Crippen molar-refractivity contribution in [3.8, 4) is 0 Å². The van der Waals surface area contributed by atoms with Gasteiger partial charge in [-0.3, -0.25) is 0 Å². The summed E-state index contributed by atoms with van der Waals surface area (Å²) in [5.41, 5.74) is 0.888. The zero-order chi connectivity index (χ0) is 15.7. The molecule has 3 nitrogen and oxygen atoms in total. The Balaban J connectivity index is 2.07. The number of hydrogen-bond acceptors (Lipinski definition) is 4. The maximum atomic E-state index is 6.16. The molecule has 1 aliphatic heterocycles. The van der Waals surface area contributed by atoms with Gasteiger partial charge in [-0.05, 0) is 46.2 Å². The number of benzene rings is 1. The first kappa shape index (κ1) is 16.8. The van der Waals surface area contributed by atoms with Crippen LogP contribution in [0.2, 0.25) is 0 Å². The standard InChI is InChI=1S/C17H26O3S/c1-16(2)11-14(17(3,4)20-16)21-13-9-7-12(8-10-13)15(18-5)19-6/h7-10,14-15H,11H2,1-6H3. The Hall–Kier alpha value is -0.550. The van der Waals surface area contributed by atoms with E-state index in [4.69, 9.17) is 14.2 Å². The molecule has 0 bridgehead atoms. The van der Waals surface area contributed by atoms with Gasteiger partial charge in [0.15, 0.2) is 6.29 Å². The Morgan fingerprint density at radius 2 is 1.67 bits per heavy atom. The van der Waals surface area contributed by atoms with Gasteiger partial charge in [0.25, 0.3) is 0 Å². The van der Waals surface area contributed by atoms with Crippen LogP contribution in [0, 0.1) is 0 Å². The molecule has 1 unspecified atom stereocenters. The topological polar surface area (TPSA) is 27.7 Å². The molecule has 0 amide bonds. The van der Waals surface area contributed by atoms with E-state index in [2.05, 4.69) is 52.0 Å². The predicted molar refractivity (Wildman–Crippen MR) is 86.7 cm³/mol. The van der Waals surface area contributed by atoms with Crippen LogP contribution < -0.4 is 0 Å². The van der Waals surface area contributed by atoms with Crippen LogP contribution in [0.3, 0.4) is 0 Å². The lowest BCUT2D eigenvalue weighted by Crippen LogP contribution is -2.30. The lowest BCUT2D eigenvalue weighted by molar-refractivity contribution is -0.106. The Bertz CT molecular complexity index is 463. The first-order valence-electron chi connectivity index (χ1n) is 7.30. The van der Waals surface area contributed by atoms with Crippen LogP contribution in [0.5, 0.6) is 0 Å². The van der Waals surface area contributed by atoms with E-state index < -0.39 is 0 Å². The molecule has 1 aromatic rings. The molecule has 4 heteroatoms. The molecule has 0 radical (unpaired) electrons. The van der Waals surface area contributed by atoms with Crippen LogP contribution in [0.1, 0.15) is 46.0 Å². The fourth-order valence-electron chi connectivity index (χ4n) is 2.93. The number of hydrogen-bond donors (Lipinski definition) is 0. The minimum atomic E-state index is -0.297. The molecule has 0 saturated carbocycles. The number of thioether (sulfide) groups is 1. The summed E-state index contributed by atoms with van der Waals surface area (Å²) in [5.74, 6) is 0. The zero-order valence-electron chi connectivity index (χ0n) is 13.8. The van der Waals surface area contributed by atoms with E-state index in [0.29, 0.717) is 5.25 Å². The minimum absolute atomic E-state index is 0.0433. The number of rotatable bonds is 5. The van der Waals surface area contributed by atoms with Crippen LogP contribution in [-0.2, 0) is 14.2 Å². The third-order valence-corrected chi connectivity index (χ3v) is 5.41. The summed E-state index contributed by atoms with van der Waals surface area (Å²) in [5, 5.41) is 0.457. The Kier molecular flexibility index (Phi) is 5.03. The van der Waals surface area contributed by atoms with Gasteiger partial charge in [-0.15, -0.1) is 11.8 Å². The van der Waals surface area contributed by atoms with Crippen LogP contribution in [0.15, 0.2) is 29.2 Å². The van der Waals surface area contributed by atoms with Gasteiger partial charge >= 0.3 is 0 Å². The molecule has 2 rings (SSSR count). The molecule has 0 N–H and O–H groups in total. The molecular formula is C17H26O3S. The Morgan fingerprint density at radius 1 is 1.10 bits per heavy atom. The highest BCUT2D eigenvalue weighted by Gasteiger charge is 2.46. The number of ether oxygens (including phenoxy) is 3. The smallest absolute Gasteiger partial charge is 0.183 e. The van der Waals surface area contributed by atoms with Gasteiger partial charge in [-0.25, -0.2) is 0 Å². The third kappa shape index (κ3) is 4.01. The van der Waals surface area contributed by atoms with Gasteiger partial charge in [0.1, 0.15) is 0 Å². The average molecular weight is 310 g/mol. The average Bonchev–Trinajstić information content (AvgIpc) is 2.60. The van der Waals surface area contributed by atoms with Crippen molar-refractivity contribution in [2.24, 2.45) is 0 Å². The zero-order valence-corrected chi connectivity index (χ0v) is 14.6. The highest BCUT2D eigenvalue weighted by atomic mass is 32.2. The molecule has 21 heavy (non-hydrogen) atoms. The SMILES string of the molecule is COC(OC)c1ccc(SC2CC(C)(C)OC2(C)C)cc1. The van der Waals surface area contributed by atoms with Gasteiger partial charge in [0.05, 0.1) is 11.2 Å². The van der Waals surface area contributed by atoms with E-state index in [1.807, 2.05) is 11.8 Å². The molecule has 118 valence electrons. The van der Waals surface area contributed by atoms with Crippen molar-refractivity contribution in [2.45, 2.75) is 61.8 Å². The van der Waals surface area contributed by atoms with Gasteiger partial charge < -0.3 is 14.2 Å². The molecule has 1 saturated heterocycles. The van der Waals surface area contributed by atoms with E-state index in [1.165, 1.54) is 4.90 Å². The maximum Gasteiger partial charge on any atom is 0.183 e. The molecule has 0 spiro atoms. The van der Waals surface area contributed by atoms with Crippen molar-refractivity contribution < 1.29 is 14.2 Å². The van der Waals surface area contributed by atoms with Crippen molar-refractivity contribution in [1.82, 2.24) is 0 Å². The van der Waals surface area contributed by atoms with E-state index >= 15 is 0 Å². The fourth-order valence-corrected chi connectivity index (χ4v) is 4.37. The monoisotopic (exact) mass is 310 g/mol. The highest BCUT2D eigenvalue weighted by Crippen LogP contribution is 2.46. The lowest BCUT2D eigenvalue weighted by Gasteiger charge is -2.27. The van der Waals surface area contributed by atoms with Crippen LogP contribution in [0.4, 0.5) is 0 Å². The van der Waals surface area contributed by atoms with Crippen LogP contribution in [0.25, 0.3) is 0 Å². The van der Waals surface area contributed by atoms with Crippen molar-refractivity contribution in [3.63, 3.8) is 0 Å². The van der Waals surface area contributed by atoms with Gasteiger partial charge in [0.2, 0.25) is 0 Å². The molecule has 1 fully saturated rings. The lowest BCUT2D eigenvalue weighted by atomic mass is 10.0. The molecule has 0 aliphatic carbocycles. The largest absolute Gasteiger partial charge is 0.368 e. The van der Waals surface area contributed by atoms with Crippen molar-refractivity contribution >= 4 is 11.8 Å². The first-order chi connectivity index (χ1) is 9.77. The van der Waals surface area contributed by atoms with Crippen molar-refractivity contribution in [2.75, 3.05) is 14.2 Å². The van der Waals surface area contributed by atoms with Gasteiger partial charge in [-0.2, -0.15) is 0 Å². The molecule has 1 aliphatic rings. The second kappa shape index (κ2) is 6.29. The molecule has 1 atom stereocenters. The molecule has 1 heterocycles. The summed E-state index contributed by atoms with van der Waals surface area (Å²) in [6, 6.07) is 8.39. The van der Waals surface area contributed by atoms with Gasteiger partial charge in [0, 0.05) is 29.9 Å². The number of methoxy groups -OCH3 is 2. The van der Waals surface area contributed by atoms with Gasteiger partial charge in [-0.1, -0.05) is 12.1 Å². The van der Waals surface area contributed by atoms with E-state index in [0.717, 1.165) is 12.0 Å². The highest BCUT2D eigenvalue weighted by molar-refractivity contribution is 8.00. The summed E-state index contributed by atoms with van der Waals surface area (Å²) in [6.07, 6.45) is 0.764. The molecule has 0 aromatic heterocycles. The normalized spacial score (nSPS) is 23.7. The van der Waals surface area contributed by atoms with E-state index in [-0.39, 0.29) is 17.5 Å². The summed E-state index contributed by atoms with van der Waals surface area (Å²) >= 11 is 1.89. The fraction of sp³-hybridized carbons (Fsp3) is 0.647. The van der Waals surface area contributed by atoms with E-state index in [9.17, 15) is 0 Å². The van der Waals surface area contributed by atoms with E-state index in [1.54, 1.807) is 14.2 Å². The first-order valence-corrected chi connectivity index (χ1v) is 8.18.